The van der Waals surface area contributed by atoms with E-state index >= 15 is 0 Å². The van der Waals surface area contributed by atoms with E-state index in [0.717, 1.165) is 5.69 Å². The van der Waals surface area contributed by atoms with Crippen LogP contribution >= 0.6 is 0 Å². The Bertz CT molecular complexity index is 938. The number of hydrogen-bond acceptors (Lipinski definition) is 3. The molecule has 2 N–H and O–H groups in total. The average molecular weight is 328 g/mol. The molecule has 2 heterocycles. The molecule has 0 aliphatic carbocycles. The van der Waals surface area contributed by atoms with Crippen LogP contribution in [0.5, 0.6) is 5.75 Å². The van der Waals surface area contributed by atoms with E-state index in [0.29, 0.717) is 16.6 Å². The predicted octanol–water partition coefficient (Wildman–Crippen LogP) is 3.87. The molecule has 124 valence electrons. The van der Waals surface area contributed by atoms with Crippen LogP contribution in [0, 0.1) is 5.82 Å². The number of carboxylic acids is 1. The van der Waals surface area contributed by atoms with Gasteiger partial charge in [0.15, 0.2) is 11.4 Å². The highest BCUT2D eigenvalue weighted by Crippen LogP contribution is 2.36. The second kappa shape index (κ2) is 5.33. The number of rotatable bonds is 2. The molecule has 0 saturated carbocycles. The highest BCUT2D eigenvalue weighted by atomic mass is 19.1. The zero-order chi connectivity index (χ0) is 17.6. The van der Waals surface area contributed by atoms with E-state index in [-0.39, 0.29) is 22.7 Å². The van der Waals surface area contributed by atoms with Gasteiger partial charge >= 0.3 is 5.97 Å². The Kier molecular flexibility index (Phi) is 3.55. The van der Waals surface area contributed by atoms with Gasteiger partial charge in [-0.3, -0.25) is 0 Å². The van der Waals surface area contributed by atoms with Crippen LogP contribution in [0.2, 0.25) is 0 Å². The lowest BCUT2D eigenvalue weighted by Crippen LogP contribution is -2.16. The molecule has 0 aliphatic heterocycles. The van der Waals surface area contributed by atoms with Crippen LogP contribution in [-0.4, -0.2) is 25.7 Å². The number of pyridine rings is 1. The van der Waals surface area contributed by atoms with E-state index in [2.05, 4.69) is 4.98 Å². The monoisotopic (exact) mass is 328 g/mol. The van der Waals surface area contributed by atoms with Gasteiger partial charge in [-0.25, -0.2) is 14.2 Å². The lowest BCUT2D eigenvalue weighted by atomic mass is 9.92. The number of carbonyl (C=O) groups is 1. The molecule has 3 aromatic rings. The number of aromatic hydroxyl groups is 1. The Morgan fingerprint density at radius 3 is 2.38 bits per heavy atom. The molecular weight excluding hydrogens is 311 g/mol. The summed E-state index contributed by atoms with van der Waals surface area (Å²) >= 11 is 0. The maximum atomic E-state index is 13.3. The smallest absolute Gasteiger partial charge is 0.358 e. The van der Waals surface area contributed by atoms with Crippen LogP contribution in [0.4, 0.5) is 4.39 Å². The van der Waals surface area contributed by atoms with Crippen molar-refractivity contribution in [3.8, 4) is 11.4 Å². The van der Waals surface area contributed by atoms with Crippen LogP contribution in [0.1, 0.15) is 37.0 Å². The molecule has 24 heavy (non-hydrogen) atoms. The summed E-state index contributed by atoms with van der Waals surface area (Å²) in [6.07, 6.45) is 1.41. The zero-order valence-corrected chi connectivity index (χ0v) is 13.5. The van der Waals surface area contributed by atoms with Crippen molar-refractivity contribution in [1.29, 1.82) is 0 Å². The van der Waals surface area contributed by atoms with Crippen molar-refractivity contribution in [2.45, 2.75) is 26.2 Å². The second-order valence-electron chi connectivity index (χ2n) is 6.65. The van der Waals surface area contributed by atoms with Crippen molar-refractivity contribution in [3.63, 3.8) is 0 Å². The van der Waals surface area contributed by atoms with Gasteiger partial charge < -0.3 is 14.8 Å². The van der Waals surface area contributed by atoms with Gasteiger partial charge in [-0.2, -0.15) is 0 Å². The van der Waals surface area contributed by atoms with Gasteiger partial charge in [-0.15, -0.1) is 0 Å². The van der Waals surface area contributed by atoms with Crippen LogP contribution in [0.15, 0.2) is 36.5 Å². The van der Waals surface area contributed by atoms with Crippen LogP contribution in [0.25, 0.3) is 16.6 Å². The van der Waals surface area contributed by atoms with E-state index in [4.69, 9.17) is 5.11 Å². The van der Waals surface area contributed by atoms with Crippen LogP contribution in [-0.2, 0) is 5.41 Å². The highest BCUT2D eigenvalue weighted by Gasteiger charge is 2.25. The fourth-order valence-electron chi connectivity index (χ4n) is 2.73. The van der Waals surface area contributed by atoms with Gasteiger partial charge in [0.1, 0.15) is 5.82 Å². The molecule has 0 radical (unpaired) electrons. The lowest BCUT2D eigenvalue weighted by Gasteiger charge is -2.22. The quantitative estimate of drug-likeness (QED) is 0.749. The molecule has 0 atom stereocenters. The maximum Gasteiger partial charge on any atom is 0.358 e. The van der Waals surface area contributed by atoms with Crippen molar-refractivity contribution in [1.82, 2.24) is 9.55 Å². The highest BCUT2D eigenvalue weighted by molar-refractivity contribution is 5.98. The number of carboxylic acid groups (broad SMARTS) is 1. The van der Waals surface area contributed by atoms with Gasteiger partial charge in [-0.05, 0) is 30.3 Å². The Morgan fingerprint density at radius 2 is 1.83 bits per heavy atom. The molecule has 0 fully saturated rings. The van der Waals surface area contributed by atoms with Crippen molar-refractivity contribution in [3.05, 3.63) is 53.7 Å². The average Bonchev–Trinajstić information content (AvgIpc) is 2.88. The minimum atomic E-state index is -1.29. The van der Waals surface area contributed by atoms with Gasteiger partial charge in [0.25, 0.3) is 0 Å². The summed E-state index contributed by atoms with van der Waals surface area (Å²) in [5.41, 5.74) is 1.45. The zero-order valence-electron chi connectivity index (χ0n) is 13.5. The fourth-order valence-corrected chi connectivity index (χ4v) is 2.73. The molecule has 0 amide bonds. The molecule has 0 aliphatic rings. The topological polar surface area (TPSA) is 75.3 Å². The first-order valence-electron chi connectivity index (χ1n) is 7.43. The second-order valence-corrected chi connectivity index (χ2v) is 6.65. The lowest BCUT2D eigenvalue weighted by molar-refractivity contribution is 0.0687. The summed E-state index contributed by atoms with van der Waals surface area (Å²) < 4.78 is 15.1. The van der Waals surface area contributed by atoms with E-state index in [9.17, 15) is 14.3 Å². The minimum absolute atomic E-state index is 0.288. The molecule has 0 unspecified atom stereocenters. The Balaban J connectivity index is 2.39. The number of aromatic nitrogens is 2. The summed E-state index contributed by atoms with van der Waals surface area (Å²) in [4.78, 5) is 15.1. The first-order chi connectivity index (χ1) is 11.2. The van der Waals surface area contributed by atoms with Gasteiger partial charge in [0.2, 0.25) is 0 Å². The van der Waals surface area contributed by atoms with Crippen LogP contribution in [0.3, 0.4) is 0 Å². The first-order valence-corrected chi connectivity index (χ1v) is 7.43. The van der Waals surface area contributed by atoms with Gasteiger partial charge in [-0.1, -0.05) is 20.8 Å². The molecule has 0 saturated heterocycles. The minimum Gasteiger partial charge on any atom is -0.505 e. The number of fused-ring (bicyclic) bond motifs is 1. The predicted molar refractivity (Wildman–Crippen MR) is 88.4 cm³/mol. The number of nitrogens with zero attached hydrogens (tertiary/aromatic N) is 2. The molecule has 5 nitrogen and oxygen atoms in total. The maximum absolute atomic E-state index is 13.3. The summed E-state index contributed by atoms with van der Waals surface area (Å²) in [6, 6.07) is 7.72. The molecule has 0 bridgehead atoms. The molecule has 1 aromatic carbocycles. The Labute approximate surface area is 138 Å². The molecule has 0 spiro atoms. The number of hydrogen-bond donors (Lipinski definition) is 2. The fraction of sp³-hybridized carbons (Fsp3) is 0.222. The molecular formula is C18H17FN2O3. The van der Waals surface area contributed by atoms with Crippen LogP contribution < -0.4 is 0 Å². The van der Waals surface area contributed by atoms with Crippen molar-refractivity contribution >= 4 is 16.9 Å². The third kappa shape index (κ3) is 2.50. The van der Waals surface area contributed by atoms with E-state index in [1.54, 1.807) is 18.2 Å². The summed E-state index contributed by atoms with van der Waals surface area (Å²) in [7, 11) is 0. The van der Waals surface area contributed by atoms with Crippen molar-refractivity contribution < 1.29 is 19.4 Å². The van der Waals surface area contributed by atoms with Crippen molar-refractivity contribution in [2.24, 2.45) is 0 Å². The largest absolute Gasteiger partial charge is 0.505 e. The van der Waals surface area contributed by atoms with Gasteiger partial charge in [0.05, 0.1) is 11.7 Å². The Hall–Kier alpha value is -2.89. The molecule has 2 aromatic heterocycles. The summed E-state index contributed by atoms with van der Waals surface area (Å²) in [5.74, 6) is -2.01. The standard InChI is InChI=1S/C18H17FN2O3/c1-18(2,3)14-8-12-13(9-20-15(16(12)22)17(23)24)21(14)11-6-4-10(19)5-7-11/h4-9,22H,1-3H3,(H,23,24). The molecule has 3 rings (SSSR count). The molecule has 6 heteroatoms. The van der Waals surface area contributed by atoms with Crippen molar-refractivity contribution in [2.75, 3.05) is 0 Å². The SMILES string of the molecule is CC(C)(C)c1cc2c(O)c(C(=O)O)ncc2n1-c1ccc(F)cc1. The summed E-state index contributed by atoms with van der Waals surface area (Å²) in [5, 5.41) is 19.8. The van der Waals surface area contributed by atoms with E-state index < -0.39 is 5.97 Å². The van der Waals surface area contributed by atoms with E-state index in [1.165, 1.54) is 18.3 Å². The third-order valence-electron chi connectivity index (χ3n) is 3.89. The normalized spacial score (nSPS) is 11.8. The summed E-state index contributed by atoms with van der Waals surface area (Å²) in [6.45, 7) is 6.01. The first kappa shape index (κ1) is 16.0. The van der Waals surface area contributed by atoms with E-state index in [1.807, 2.05) is 25.3 Å². The number of aromatic carboxylic acids is 1. The third-order valence-corrected chi connectivity index (χ3v) is 3.89. The Morgan fingerprint density at radius 1 is 1.21 bits per heavy atom. The number of halogens is 1. The number of benzene rings is 1. The van der Waals surface area contributed by atoms with Gasteiger partial charge in [0, 0.05) is 22.2 Å².